The lowest BCUT2D eigenvalue weighted by atomic mass is 9.43. The predicted octanol–water partition coefficient (Wildman–Crippen LogP) is 4.03. The summed E-state index contributed by atoms with van der Waals surface area (Å²) in [4.78, 5) is 43.3. The maximum absolute atomic E-state index is 13.7. The van der Waals surface area contributed by atoms with Gasteiger partial charge in [-0.1, -0.05) is 27.7 Å². The first-order valence-electron chi connectivity index (χ1n) is 15.6. The standard InChI is InChI=1S/C30H50BN3O6/c1-9-24(31-39-23-16-20-15-22(29(20,6)7)30(23,8)40-31)32-25(35)21-14-18(2)17-34(21)26(36)19-10-12-33(13-11-19)27(37)38-28(3,4)5/h18-24H,9-17H2,1-8H3,(H,32,35)/t18-,20+,21+,22+,23?,24+,30+/m1/s1. The van der Waals surface area contributed by atoms with Gasteiger partial charge in [0.1, 0.15) is 11.6 Å². The van der Waals surface area contributed by atoms with E-state index in [-0.39, 0.29) is 52.8 Å². The number of piperidine rings is 1. The first-order valence-corrected chi connectivity index (χ1v) is 15.6. The van der Waals surface area contributed by atoms with Gasteiger partial charge in [-0.05, 0) is 89.4 Å². The number of nitrogens with zero attached hydrogens (tertiary/aromatic N) is 2. The highest BCUT2D eigenvalue weighted by Crippen LogP contribution is 2.65. The fourth-order valence-corrected chi connectivity index (χ4v) is 8.12. The number of rotatable bonds is 5. The van der Waals surface area contributed by atoms with Crippen LogP contribution in [0.5, 0.6) is 0 Å². The molecule has 9 nitrogen and oxygen atoms in total. The Hall–Kier alpha value is -1.81. The van der Waals surface area contributed by atoms with Crippen LogP contribution >= 0.6 is 0 Å². The van der Waals surface area contributed by atoms with Crippen LogP contribution in [0.25, 0.3) is 0 Å². The van der Waals surface area contributed by atoms with Gasteiger partial charge in [-0.3, -0.25) is 9.59 Å². The van der Waals surface area contributed by atoms with Gasteiger partial charge >= 0.3 is 13.2 Å². The molecule has 2 bridgehead atoms. The van der Waals surface area contributed by atoms with Crippen LogP contribution in [0.4, 0.5) is 4.79 Å². The van der Waals surface area contributed by atoms with Gasteiger partial charge in [-0.2, -0.15) is 0 Å². The molecule has 7 atom stereocenters. The van der Waals surface area contributed by atoms with Crippen LogP contribution in [0.1, 0.15) is 93.9 Å². The molecule has 224 valence electrons. The number of carbonyl (C=O) groups is 3. The number of hydrogen-bond donors (Lipinski definition) is 1. The summed E-state index contributed by atoms with van der Waals surface area (Å²) in [6.07, 6.45) is 4.43. The van der Waals surface area contributed by atoms with Gasteiger partial charge in [0.25, 0.3) is 0 Å². The molecule has 3 aliphatic heterocycles. The van der Waals surface area contributed by atoms with Gasteiger partial charge in [-0.15, -0.1) is 0 Å². The van der Waals surface area contributed by atoms with Crippen LogP contribution < -0.4 is 5.32 Å². The van der Waals surface area contributed by atoms with Crippen molar-refractivity contribution in [3.05, 3.63) is 0 Å². The molecule has 6 fully saturated rings. The van der Waals surface area contributed by atoms with E-state index < -0.39 is 18.8 Å². The second-order valence-electron chi connectivity index (χ2n) is 14.9. The molecule has 6 rings (SSSR count). The molecule has 1 unspecified atom stereocenters. The van der Waals surface area contributed by atoms with Crippen molar-refractivity contribution >= 4 is 25.0 Å². The fraction of sp³-hybridized carbons (Fsp3) is 0.900. The Labute approximate surface area is 240 Å². The van der Waals surface area contributed by atoms with Gasteiger partial charge in [0.15, 0.2) is 0 Å². The van der Waals surface area contributed by atoms with Crippen LogP contribution in [0.15, 0.2) is 0 Å². The minimum Gasteiger partial charge on any atom is -0.444 e. The Morgan fingerprint density at radius 1 is 1.10 bits per heavy atom. The van der Waals surface area contributed by atoms with E-state index in [1.54, 1.807) is 9.80 Å². The first kappa shape index (κ1) is 29.7. The maximum Gasteiger partial charge on any atom is 0.481 e. The molecular weight excluding hydrogens is 509 g/mol. The smallest absolute Gasteiger partial charge is 0.444 e. The van der Waals surface area contributed by atoms with Gasteiger partial charge in [0, 0.05) is 25.6 Å². The highest BCUT2D eigenvalue weighted by atomic mass is 16.7. The van der Waals surface area contributed by atoms with Gasteiger partial charge in [0.05, 0.1) is 17.6 Å². The largest absolute Gasteiger partial charge is 0.481 e. The molecule has 40 heavy (non-hydrogen) atoms. The van der Waals surface area contributed by atoms with Crippen molar-refractivity contribution < 1.29 is 28.4 Å². The van der Waals surface area contributed by atoms with Crippen LogP contribution in [0.3, 0.4) is 0 Å². The summed E-state index contributed by atoms with van der Waals surface area (Å²) < 4.78 is 18.6. The lowest BCUT2D eigenvalue weighted by Crippen LogP contribution is -2.65. The number of carbonyl (C=O) groups excluding carboxylic acids is 3. The highest BCUT2D eigenvalue weighted by molar-refractivity contribution is 6.47. The van der Waals surface area contributed by atoms with Crippen molar-refractivity contribution in [1.82, 2.24) is 15.1 Å². The molecule has 0 aromatic rings. The van der Waals surface area contributed by atoms with E-state index in [0.717, 1.165) is 6.42 Å². The Kier molecular flexibility index (Phi) is 7.77. The van der Waals surface area contributed by atoms with E-state index in [2.05, 4.69) is 33.0 Å². The number of likely N-dealkylation sites (tertiary alicyclic amines) is 2. The van der Waals surface area contributed by atoms with Crippen molar-refractivity contribution in [2.24, 2.45) is 29.1 Å². The van der Waals surface area contributed by atoms with E-state index in [4.69, 9.17) is 14.0 Å². The van der Waals surface area contributed by atoms with E-state index in [1.807, 2.05) is 27.7 Å². The topological polar surface area (TPSA) is 97.4 Å². The molecule has 0 radical (unpaired) electrons. The summed E-state index contributed by atoms with van der Waals surface area (Å²) in [6, 6.07) is -0.494. The molecule has 1 N–H and O–H groups in total. The Morgan fingerprint density at radius 3 is 2.38 bits per heavy atom. The Morgan fingerprint density at radius 2 is 1.77 bits per heavy atom. The molecule has 3 saturated carbocycles. The van der Waals surface area contributed by atoms with Crippen molar-refractivity contribution in [2.45, 2.75) is 123 Å². The average Bonchev–Trinajstić information content (AvgIpc) is 3.45. The normalized spacial score (nSPS) is 36.1. The molecule has 3 aliphatic carbocycles. The van der Waals surface area contributed by atoms with E-state index in [0.29, 0.717) is 57.2 Å². The van der Waals surface area contributed by atoms with Crippen molar-refractivity contribution in [3.8, 4) is 0 Å². The van der Waals surface area contributed by atoms with E-state index in [9.17, 15) is 14.4 Å². The summed E-state index contributed by atoms with van der Waals surface area (Å²) in [5.41, 5.74) is -0.606. The van der Waals surface area contributed by atoms with Gasteiger partial charge in [-0.25, -0.2) is 4.79 Å². The van der Waals surface area contributed by atoms with Crippen LogP contribution in [-0.4, -0.2) is 83.7 Å². The summed E-state index contributed by atoms with van der Waals surface area (Å²) in [6.45, 7) is 18.1. The van der Waals surface area contributed by atoms with Crippen molar-refractivity contribution in [2.75, 3.05) is 19.6 Å². The minimum absolute atomic E-state index is 0.0234. The molecule has 3 amide bonds. The third-order valence-corrected chi connectivity index (χ3v) is 10.7. The monoisotopic (exact) mass is 559 g/mol. The molecule has 0 aromatic carbocycles. The molecule has 3 heterocycles. The quantitative estimate of drug-likeness (QED) is 0.511. The van der Waals surface area contributed by atoms with Crippen LogP contribution in [0.2, 0.25) is 0 Å². The molecule has 0 aromatic heterocycles. The van der Waals surface area contributed by atoms with E-state index in [1.165, 1.54) is 6.42 Å². The first-order chi connectivity index (χ1) is 18.6. The summed E-state index contributed by atoms with van der Waals surface area (Å²) in [5, 5.41) is 3.23. The van der Waals surface area contributed by atoms with Crippen LogP contribution in [0, 0.1) is 29.1 Å². The number of nitrogens with one attached hydrogen (secondary N) is 1. The fourth-order valence-electron chi connectivity index (χ4n) is 8.12. The molecule has 0 spiro atoms. The second kappa shape index (κ2) is 10.5. The lowest BCUT2D eigenvalue weighted by molar-refractivity contribution is -0.199. The predicted molar refractivity (Wildman–Crippen MR) is 152 cm³/mol. The third-order valence-electron chi connectivity index (χ3n) is 10.7. The minimum atomic E-state index is -0.548. The van der Waals surface area contributed by atoms with Gasteiger partial charge < -0.3 is 29.2 Å². The number of ether oxygens (including phenoxy) is 1. The second-order valence-corrected chi connectivity index (χ2v) is 14.9. The summed E-state index contributed by atoms with van der Waals surface area (Å²) in [5.74, 6) is 0.829. The average molecular weight is 560 g/mol. The zero-order valence-electron chi connectivity index (χ0n) is 25.8. The molecule has 6 aliphatic rings. The Balaban J connectivity index is 1.18. The lowest BCUT2D eigenvalue weighted by Gasteiger charge is -2.64. The zero-order chi connectivity index (χ0) is 29.2. The molecular formula is C30H50BN3O6. The highest BCUT2D eigenvalue weighted by Gasteiger charge is 2.68. The third kappa shape index (κ3) is 5.27. The number of hydrogen-bond acceptors (Lipinski definition) is 6. The van der Waals surface area contributed by atoms with Crippen molar-refractivity contribution in [1.29, 1.82) is 0 Å². The zero-order valence-corrected chi connectivity index (χ0v) is 25.8. The van der Waals surface area contributed by atoms with E-state index >= 15 is 0 Å². The summed E-state index contributed by atoms with van der Waals surface area (Å²) >= 11 is 0. The Bertz CT molecular complexity index is 1010. The SMILES string of the molecule is CC[C@H](NC(=O)[C@@H]1C[C@@H](C)CN1C(=O)C1CCN(C(=O)OC(C)(C)C)CC1)B1OC2C[C@@H]3C[C@@H](C3(C)C)[C@]2(C)O1. The molecule has 10 heteroatoms. The van der Waals surface area contributed by atoms with Crippen molar-refractivity contribution in [3.63, 3.8) is 0 Å². The maximum atomic E-state index is 13.7. The van der Waals surface area contributed by atoms with Crippen LogP contribution in [-0.2, 0) is 23.6 Å². The number of amides is 3. The molecule has 3 saturated heterocycles. The van der Waals surface area contributed by atoms with Gasteiger partial charge in [0.2, 0.25) is 11.8 Å². The summed E-state index contributed by atoms with van der Waals surface area (Å²) in [7, 11) is -0.473.